The minimum atomic E-state index is -1.40. The summed E-state index contributed by atoms with van der Waals surface area (Å²) in [6.07, 6.45) is -0.338. The summed E-state index contributed by atoms with van der Waals surface area (Å²) in [5.41, 5.74) is -1.34. The van der Waals surface area contributed by atoms with E-state index in [2.05, 4.69) is 10.6 Å². The van der Waals surface area contributed by atoms with E-state index in [1.165, 1.54) is 31.3 Å². The number of aliphatic hydroxyl groups is 1. The van der Waals surface area contributed by atoms with E-state index in [1.807, 2.05) is 0 Å². The van der Waals surface area contributed by atoms with E-state index in [9.17, 15) is 33.8 Å². The van der Waals surface area contributed by atoms with Crippen molar-refractivity contribution in [3.05, 3.63) is 63.3 Å². The minimum Gasteiger partial charge on any atom is -0.503 e. The predicted octanol–water partition coefficient (Wildman–Crippen LogP) is -0.857. The summed E-state index contributed by atoms with van der Waals surface area (Å²) in [6.45, 7) is -0.725. The van der Waals surface area contributed by atoms with Crippen molar-refractivity contribution in [2.75, 3.05) is 13.6 Å². The number of carbonyl (C=O) groups is 3. The summed E-state index contributed by atoms with van der Waals surface area (Å²) < 4.78 is 14.1. The molecule has 4 N–H and O–H groups in total. The van der Waals surface area contributed by atoms with Gasteiger partial charge in [0.2, 0.25) is 11.3 Å². The molecule has 11 heteroatoms. The van der Waals surface area contributed by atoms with Gasteiger partial charge in [-0.3, -0.25) is 19.2 Å². The van der Waals surface area contributed by atoms with Gasteiger partial charge in [0.25, 0.3) is 11.8 Å². The molecule has 10 nitrogen and oxygen atoms in total. The number of rotatable bonds is 5. The molecule has 0 bridgehead atoms. The molecule has 2 aromatic rings. The maximum absolute atomic E-state index is 13.0. The lowest BCUT2D eigenvalue weighted by Crippen LogP contribution is -2.52. The molecular weight excluding hydrogens is 399 g/mol. The highest BCUT2D eigenvalue weighted by molar-refractivity contribution is 6.00. The van der Waals surface area contributed by atoms with Crippen molar-refractivity contribution in [2.24, 2.45) is 0 Å². The highest BCUT2D eigenvalue weighted by Crippen LogP contribution is 2.22. The molecule has 30 heavy (non-hydrogen) atoms. The zero-order valence-corrected chi connectivity index (χ0v) is 15.9. The zero-order chi connectivity index (χ0) is 22.0. The van der Waals surface area contributed by atoms with Crippen LogP contribution in [0.5, 0.6) is 5.75 Å². The Morgan fingerprint density at radius 3 is 2.53 bits per heavy atom. The molecule has 3 rings (SSSR count). The first kappa shape index (κ1) is 21.0. The number of nitrogens with one attached hydrogen (secondary N) is 2. The normalized spacial score (nSPS) is 15.5. The average Bonchev–Trinajstić information content (AvgIpc) is 2.72. The van der Waals surface area contributed by atoms with Crippen LogP contribution in [0.25, 0.3) is 0 Å². The van der Waals surface area contributed by atoms with Crippen LogP contribution in [0.2, 0.25) is 0 Å². The first-order valence-electron chi connectivity index (χ1n) is 8.91. The number of hydrogen-bond acceptors (Lipinski definition) is 6. The van der Waals surface area contributed by atoms with Gasteiger partial charge in [-0.2, -0.15) is 0 Å². The van der Waals surface area contributed by atoms with Crippen molar-refractivity contribution >= 4 is 17.7 Å². The van der Waals surface area contributed by atoms with Gasteiger partial charge in [0, 0.05) is 19.8 Å². The Hall–Kier alpha value is -3.73. The smallest absolute Gasteiger partial charge is 0.277 e. The average molecular weight is 418 g/mol. The fourth-order valence-corrected chi connectivity index (χ4v) is 3.02. The maximum Gasteiger partial charge on any atom is 0.277 e. The van der Waals surface area contributed by atoms with Crippen molar-refractivity contribution in [1.82, 2.24) is 20.1 Å². The van der Waals surface area contributed by atoms with Crippen LogP contribution in [0.3, 0.4) is 0 Å². The molecular formula is C19H19FN4O6. The number of fused-ring (bicyclic) bond motifs is 1. The van der Waals surface area contributed by atoms with Gasteiger partial charge in [-0.15, -0.1) is 0 Å². The van der Waals surface area contributed by atoms with Gasteiger partial charge in [0.05, 0.1) is 6.54 Å². The van der Waals surface area contributed by atoms with Gasteiger partial charge in [0.1, 0.15) is 24.2 Å². The number of carbonyl (C=O) groups excluding carboxylic acids is 3. The lowest BCUT2D eigenvalue weighted by atomic mass is 10.1. The molecule has 1 aromatic carbocycles. The molecule has 0 saturated carbocycles. The van der Waals surface area contributed by atoms with Crippen LogP contribution in [0.4, 0.5) is 4.39 Å². The molecule has 3 amide bonds. The molecule has 0 spiro atoms. The highest BCUT2D eigenvalue weighted by Gasteiger charge is 2.36. The summed E-state index contributed by atoms with van der Waals surface area (Å²) in [5.74, 6) is -3.68. The number of pyridine rings is 1. The van der Waals surface area contributed by atoms with E-state index in [-0.39, 0.29) is 13.1 Å². The second kappa shape index (κ2) is 8.33. The van der Waals surface area contributed by atoms with E-state index < -0.39 is 58.7 Å². The lowest BCUT2D eigenvalue weighted by Gasteiger charge is -2.34. The van der Waals surface area contributed by atoms with Crippen LogP contribution in [-0.2, 0) is 17.9 Å². The number of hydrogen-bond donors (Lipinski definition) is 4. The number of aromatic hydroxyl groups is 1. The predicted molar refractivity (Wildman–Crippen MR) is 101 cm³/mol. The largest absolute Gasteiger partial charge is 0.503 e. The Labute approximate surface area is 169 Å². The monoisotopic (exact) mass is 418 g/mol. The lowest BCUT2D eigenvalue weighted by molar-refractivity contribution is -0.124. The van der Waals surface area contributed by atoms with Gasteiger partial charge >= 0.3 is 0 Å². The maximum atomic E-state index is 13.0. The molecule has 0 radical (unpaired) electrons. The topological polar surface area (TPSA) is 141 Å². The number of halogens is 1. The molecule has 1 unspecified atom stereocenters. The third-order valence-corrected chi connectivity index (χ3v) is 4.64. The molecule has 0 saturated heterocycles. The number of aromatic nitrogens is 1. The van der Waals surface area contributed by atoms with Gasteiger partial charge in [0.15, 0.2) is 11.4 Å². The molecule has 1 aromatic heterocycles. The summed E-state index contributed by atoms with van der Waals surface area (Å²) in [5, 5.41) is 25.3. The Balaban J connectivity index is 1.87. The quantitative estimate of drug-likeness (QED) is 0.498. The number of aliphatic hydroxyl groups excluding tert-OH is 1. The number of benzene rings is 1. The van der Waals surface area contributed by atoms with E-state index in [0.717, 1.165) is 15.7 Å². The van der Waals surface area contributed by atoms with Gasteiger partial charge in [-0.1, -0.05) is 12.1 Å². The SMILES string of the molecule is CNC(=O)CN1C(=O)c2c(O)c(=O)c(C(=O)NCc3ccc(F)cc3)cn2CC1O. The Morgan fingerprint density at radius 1 is 1.23 bits per heavy atom. The highest BCUT2D eigenvalue weighted by atomic mass is 19.1. The molecule has 1 atom stereocenters. The first-order chi connectivity index (χ1) is 14.2. The van der Waals surface area contributed by atoms with Gasteiger partial charge in [-0.25, -0.2) is 4.39 Å². The summed E-state index contributed by atoms with van der Waals surface area (Å²) >= 11 is 0. The molecule has 1 aliphatic rings. The van der Waals surface area contributed by atoms with Crippen LogP contribution in [0.1, 0.15) is 26.4 Å². The summed E-state index contributed by atoms with van der Waals surface area (Å²) in [7, 11) is 1.36. The van der Waals surface area contributed by atoms with E-state index in [4.69, 9.17) is 0 Å². The van der Waals surface area contributed by atoms with Crippen LogP contribution in [0, 0.1) is 5.82 Å². The van der Waals surface area contributed by atoms with E-state index in [1.54, 1.807) is 0 Å². The molecule has 1 aliphatic heterocycles. The Bertz CT molecular complexity index is 1070. The van der Waals surface area contributed by atoms with Crippen molar-refractivity contribution in [1.29, 1.82) is 0 Å². The molecule has 158 valence electrons. The molecule has 0 aliphatic carbocycles. The standard InChI is InChI=1S/C19H19FN4O6/c1-21-13(25)8-24-14(26)9-23-7-12(16(27)17(28)15(23)19(24)30)18(29)22-6-10-2-4-11(20)5-3-10/h2-5,7,14,26,28H,6,8-9H2,1H3,(H,21,25)(H,22,29). The van der Waals surface area contributed by atoms with Gasteiger partial charge < -0.3 is 30.3 Å². The van der Waals surface area contributed by atoms with Crippen LogP contribution in [-0.4, -0.2) is 57.2 Å². The fraction of sp³-hybridized carbons (Fsp3) is 0.263. The Morgan fingerprint density at radius 2 is 1.90 bits per heavy atom. The van der Waals surface area contributed by atoms with E-state index in [0.29, 0.717) is 5.56 Å². The van der Waals surface area contributed by atoms with Crippen molar-refractivity contribution < 1.29 is 29.0 Å². The van der Waals surface area contributed by atoms with Crippen LogP contribution < -0.4 is 16.1 Å². The number of amides is 3. The summed E-state index contributed by atoms with van der Waals surface area (Å²) in [4.78, 5) is 49.9. The first-order valence-corrected chi connectivity index (χ1v) is 8.91. The molecule has 2 heterocycles. The second-order valence-electron chi connectivity index (χ2n) is 6.62. The third-order valence-electron chi connectivity index (χ3n) is 4.64. The number of nitrogens with zero attached hydrogens (tertiary/aromatic N) is 2. The summed E-state index contributed by atoms with van der Waals surface area (Å²) in [6, 6.07) is 5.36. The minimum absolute atomic E-state index is 0.00251. The van der Waals surface area contributed by atoms with E-state index >= 15 is 0 Å². The van der Waals surface area contributed by atoms with Crippen molar-refractivity contribution in [3.8, 4) is 5.75 Å². The van der Waals surface area contributed by atoms with Gasteiger partial charge in [-0.05, 0) is 17.7 Å². The molecule has 0 fully saturated rings. The second-order valence-corrected chi connectivity index (χ2v) is 6.62. The van der Waals surface area contributed by atoms with Crippen molar-refractivity contribution in [2.45, 2.75) is 19.3 Å². The number of likely N-dealkylation sites (N-methyl/N-ethyl adjacent to an activating group) is 1. The third kappa shape index (κ3) is 4.01. The van der Waals surface area contributed by atoms with Crippen molar-refractivity contribution in [3.63, 3.8) is 0 Å². The van der Waals surface area contributed by atoms with Crippen LogP contribution in [0.15, 0.2) is 35.3 Å². The Kier molecular flexibility index (Phi) is 5.83. The fourth-order valence-electron chi connectivity index (χ4n) is 3.02. The van der Waals surface area contributed by atoms with Crippen LogP contribution >= 0.6 is 0 Å². The zero-order valence-electron chi connectivity index (χ0n) is 15.9.